The van der Waals surface area contributed by atoms with E-state index >= 15 is 0 Å². The molecule has 0 amide bonds. The van der Waals surface area contributed by atoms with E-state index in [1.165, 1.54) is 6.07 Å². The van der Waals surface area contributed by atoms with E-state index in [4.69, 9.17) is 0 Å². The molecule has 0 bridgehead atoms. The quantitative estimate of drug-likeness (QED) is 0.716. The van der Waals surface area contributed by atoms with Crippen molar-refractivity contribution in [2.75, 3.05) is 13.1 Å². The molecule has 1 fully saturated rings. The van der Waals surface area contributed by atoms with Crippen LogP contribution in [0.1, 0.15) is 17.9 Å². The lowest BCUT2D eigenvalue weighted by atomic mass is 9.85. The highest BCUT2D eigenvalue weighted by molar-refractivity contribution is 5.76. The van der Waals surface area contributed by atoms with Gasteiger partial charge in [0.1, 0.15) is 5.75 Å². The van der Waals surface area contributed by atoms with E-state index in [0.29, 0.717) is 5.56 Å². The maximum atomic E-state index is 11.3. The van der Waals surface area contributed by atoms with E-state index in [2.05, 4.69) is 5.32 Å². The van der Waals surface area contributed by atoms with Gasteiger partial charge >= 0.3 is 5.97 Å². The first-order chi connectivity index (χ1) is 7.68. The Morgan fingerprint density at radius 1 is 1.50 bits per heavy atom. The molecule has 1 saturated heterocycles. The van der Waals surface area contributed by atoms with Crippen molar-refractivity contribution in [3.05, 3.63) is 29.8 Å². The van der Waals surface area contributed by atoms with Crippen LogP contribution in [0.2, 0.25) is 0 Å². The van der Waals surface area contributed by atoms with Gasteiger partial charge in [-0.1, -0.05) is 12.1 Å². The maximum absolute atomic E-state index is 11.3. The van der Waals surface area contributed by atoms with Gasteiger partial charge in [0.15, 0.2) is 0 Å². The number of aliphatic carboxylic acids is 1. The molecule has 1 aromatic rings. The molecule has 4 nitrogen and oxygen atoms in total. The summed E-state index contributed by atoms with van der Waals surface area (Å²) in [6.45, 7) is 1.60. The SMILES string of the molecule is O=C(O)C(c1cccc(O)c1)C1CCNC1. The summed E-state index contributed by atoms with van der Waals surface area (Å²) < 4.78 is 0. The monoisotopic (exact) mass is 221 g/mol. The Bertz CT molecular complexity index is 386. The maximum Gasteiger partial charge on any atom is 0.311 e. The van der Waals surface area contributed by atoms with Crippen molar-refractivity contribution in [1.29, 1.82) is 0 Å². The number of hydrogen-bond donors (Lipinski definition) is 3. The number of carboxylic acids is 1. The predicted molar refractivity (Wildman–Crippen MR) is 59.5 cm³/mol. The summed E-state index contributed by atoms with van der Waals surface area (Å²) in [4.78, 5) is 11.3. The van der Waals surface area contributed by atoms with E-state index in [9.17, 15) is 15.0 Å². The molecule has 16 heavy (non-hydrogen) atoms. The highest BCUT2D eigenvalue weighted by Crippen LogP contribution is 2.30. The Kier molecular flexibility index (Phi) is 3.10. The third-order valence-electron chi connectivity index (χ3n) is 3.07. The minimum atomic E-state index is -0.820. The summed E-state index contributed by atoms with van der Waals surface area (Å²) in [5.41, 5.74) is 0.682. The minimum absolute atomic E-state index is 0.110. The number of phenols is 1. The lowest BCUT2D eigenvalue weighted by Gasteiger charge is -2.19. The number of aromatic hydroxyl groups is 1. The fourth-order valence-corrected chi connectivity index (χ4v) is 2.30. The molecule has 2 atom stereocenters. The van der Waals surface area contributed by atoms with Crippen LogP contribution in [0, 0.1) is 5.92 Å². The van der Waals surface area contributed by atoms with Gasteiger partial charge in [-0.15, -0.1) is 0 Å². The number of benzene rings is 1. The van der Waals surface area contributed by atoms with Crippen LogP contribution in [-0.4, -0.2) is 29.3 Å². The summed E-state index contributed by atoms with van der Waals surface area (Å²) in [5.74, 6) is -1.12. The number of rotatable bonds is 3. The van der Waals surface area contributed by atoms with Crippen molar-refractivity contribution in [3.63, 3.8) is 0 Å². The summed E-state index contributed by atoms with van der Waals surface area (Å²) in [6, 6.07) is 6.53. The summed E-state index contributed by atoms with van der Waals surface area (Å²) in [6.07, 6.45) is 0.868. The van der Waals surface area contributed by atoms with Gasteiger partial charge in [-0.3, -0.25) is 4.79 Å². The first-order valence-corrected chi connectivity index (χ1v) is 5.41. The molecule has 2 rings (SSSR count). The van der Waals surface area contributed by atoms with Gasteiger partial charge < -0.3 is 15.5 Å². The fourth-order valence-electron chi connectivity index (χ4n) is 2.30. The number of hydrogen-bond acceptors (Lipinski definition) is 3. The highest BCUT2D eigenvalue weighted by Gasteiger charge is 2.31. The summed E-state index contributed by atoms with van der Waals surface area (Å²) in [5, 5.41) is 21.8. The van der Waals surface area contributed by atoms with Crippen molar-refractivity contribution in [2.24, 2.45) is 5.92 Å². The Morgan fingerprint density at radius 2 is 2.31 bits per heavy atom. The van der Waals surface area contributed by atoms with E-state index < -0.39 is 11.9 Å². The van der Waals surface area contributed by atoms with E-state index in [-0.39, 0.29) is 11.7 Å². The van der Waals surface area contributed by atoms with Crippen molar-refractivity contribution >= 4 is 5.97 Å². The molecule has 0 saturated carbocycles. The van der Waals surface area contributed by atoms with Gasteiger partial charge in [-0.05, 0) is 43.1 Å². The Hall–Kier alpha value is -1.55. The van der Waals surface area contributed by atoms with Gasteiger partial charge in [-0.2, -0.15) is 0 Å². The molecule has 0 aliphatic carbocycles. The van der Waals surface area contributed by atoms with Gasteiger partial charge in [0.25, 0.3) is 0 Å². The number of phenolic OH excluding ortho intramolecular Hbond substituents is 1. The second-order valence-electron chi connectivity index (χ2n) is 4.16. The van der Waals surface area contributed by atoms with Crippen LogP contribution < -0.4 is 5.32 Å². The summed E-state index contributed by atoms with van der Waals surface area (Å²) >= 11 is 0. The topological polar surface area (TPSA) is 69.6 Å². The van der Waals surface area contributed by atoms with Crippen molar-refractivity contribution in [1.82, 2.24) is 5.32 Å². The lowest BCUT2D eigenvalue weighted by Crippen LogP contribution is -2.23. The third-order valence-corrected chi connectivity index (χ3v) is 3.07. The molecule has 0 radical (unpaired) electrons. The normalized spacial score (nSPS) is 21.9. The molecule has 0 spiro atoms. The average molecular weight is 221 g/mol. The first-order valence-electron chi connectivity index (χ1n) is 5.41. The molecule has 86 valence electrons. The van der Waals surface area contributed by atoms with Gasteiger partial charge in [-0.25, -0.2) is 0 Å². The van der Waals surface area contributed by atoms with Crippen LogP contribution in [0.4, 0.5) is 0 Å². The molecule has 1 aliphatic rings. The molecule has 1 aromatic carbocycles. The predicted octanol–water partition coefficient (Wildman–Crippen LogP) is 1.17. The van der Waals surface area contributed by atoms with Crippen molar-refractivity contribution < 1.29 is 15.0 Å². The van der Waals surface area contributed by atoms with Crippen molar-refractivity contribution in [2.45, 2.75) is 12.3 Å². The van der Waals surface area contributed by atoms with E-state index in [1.807, 2.05) is 0 Å². The van der Waals surface area contributed by atoms with Gasteiger partial charge in [0.2, 0.25) is 0 Å². The molecule has 1 heterocycles. The Morgan fingerprint density at radius 3 is 2.88 bits per heavy atom. The Labute approximate surface area is 93.9 Å². The Balaban J connectivity index is 2.28. The highest BCUT2D eigenvalue weighted by atomic mass is 16.4. The minimum Gasteiger partial charge on any atom is -0.508 e. The van der Waals surface area contributed by atoms with Crippen LogP contribution in [0.3, 0.4) is 0 Å². The summed E-state index contributed by atoms with van der Waals surface area (Å²) in [7, 11) is 0. The third kappa shape index (κ3) is 2.17. The van der Waals surface area contributed by atoms with Crippen LogP contribution in [0.25, 0.3) is 0 Å². The second-order valence-corrected chi connectivity index (χ2v) is 4.16. The smallest absolute Gasteiger partial charge is 0.311 e. The number of nitrogens with one attached hydrogen (secondary N) is 1. The molecule has 0 aromatic heterocycles. The number of carboxylic acid groups (broad SMARTS) is 1. The fraction of sp³-hybridized carbons (Fsp3) is 0.417. The first kappa shape index (κ1) is 11.0. The average Bonchev–Trinajstić information content (AvgIpc) is 2.71. The van der Waals surface area contributed by atoms with Crippen molar-refractivity contribution in [3.8, 4) is 5.75 Å². The van der Waals surface area contributed by atoms with E-state index in [1.54, 1.807) is 18.2 Å². The molecular formula is C12H15NO3. The van der Waals surface area contributed by atoms with Crippen LogP contribution in [0.15, 0.2) is 24.3 Å². The largest absolute Gasteiger partial charge is 0.508 e. The number of carbonyl (C=O) groups is 1. The molecular weight excluding hydrogens is 206 g/mol. The van der Waals surface area contributed by atoms with E-state index in [0.717, 1.165) is 19.5 Å². The molecule has 3 N–H and O–H groups in total. The van der Waals surface area contributed by atoms with Gasteiger partial charge in [0, 0.05) is 0 Å². The van der Waals surface area contributed by atoms with Gasteiger partial charge in [0.05, 0.1) is 5.92 Å². The lowest BCUT2D eigenvalue weighted by molar-refractivity contribution is -0.140. The second kappa shape index (κ2) is 4.53. The molecule has 2 unspecified atom stereocenters. The van der Waals surface area contributed by atoms with Crippen LogP contribution in [-0.2, 0) is 4.79 Å². The zero-order chi connectivity index (χ0) is 11.5. The zero-order valence-corrected chi connectivity index (χ0v) is 8.89. The zero-order valence-electron chi connectivity index (χ0n) is 8.89. The molecule has 1 aliphatic heterocycles. The van der Waals surface area contributed by atoms with Crippen LogP contribution in [0.5, 0.6) is 5.75 Å². The standard InChI is InChI=1S/C12H15NO3/c14-10-3-1-2-8(6-10)11(12(15)16)9-4-5-13-7-9/h1-3,6,9,11,13-14H,4-5,7H2,(H,15,16). The van der Waals surface area contributed by atoms with Crippen LogP contribution >= 0.6 is 0 Å². The molecule has 4 heteroatoms.